The number of rotatable bonds is 0. The predicted molar refractivity (Wildman–Crippen MR) is 53.8 cm³/mol. The third-order valence-electron chi connectivity index (χ3n) is 3.62. The fourth-order valence-corrected chi connectivity index (χ4v) is 2.98. The predicted octanol–water partition coefficient (Wildman–Crippen LogP) is 2.55. The minimum atomic E-state index is 0.709. The number of nitrogens with zero attached hydrogens (tertiary/aromatic N) is 1. The number of fused-ring (bicyclic) bond motifs is 2. The van der Waals surface area contributed by atoms with Crippen molar-refractivity contribution >= 4 is 0 Å². The van der Waals surface area contributed by atoms with Gasteiger partial charge in [0.1, 0.15) is 0 Å². The number of likely N-dealkylation sites (N-methyl/N-ethyl adjacent to an activating group) is 1. The van der Waals surface area contributed by atoms with Crippen LogP contribution in [0.3, 0.4) is 0 Å². The molecule has 1 saturated heterocycles. The van der Waals surface area contributed by atoms with Gasteiger partial charge in [-0.15, -0.1) is 0 Å². The summed E-state index contributed by atoms with van der Waals surface area (Å²) in [4.78, 5) is 2.51. The summed E-state index contributed by atoms with van der Waals surface area (Å²) in [5, 5.41) is 0. The zero-order valence-corrected chi connectivity index (χ0v) is 8.03. The molecule has 3 aliphatic rings. The maximum atomic E-state index is 2.51. The van der Waals surface area contributed by atoms with Crippen molar-refractivity contribution in [1.82, 2.24) is 4.90 Å². The molecule has 0 N–H and O–H groups in total. The quantitative estimate of drug-likeness (QED) is 0.582. The third kappa shape index (κ3) is 0.969. The van der Waals surface area contributed by atoms with Crippen molar-refractivity contribution in [1.29, 1.82) is 0 Å². The van der Waals surface area contributed by atoms with Gasteiger partial charge in [-0.2, -0.15) is 0 Å². The van der Waals surface area contributed by atoms with Gasteiger partial charge in [-0.3, -0.25) is 4.90 Å². The first-order valence-electron chi connectivity index (χ1n) is 5.15. The highest BCUT2D eigenvalue weighted by Gasteiger charge is 2.35. The minimum Gasteiger partial charge on any atom is -0.299 e. The maximum Gasteiger partial charge on any atom is 0.0348 e. The second kappa shape index (κ2) is 2.58. The molecule has 2 bridgehead atoms. The van der Waals surface area contributed by atoms with Gasteiger partial charge in [-0.1, -0.05) is 24.3 Å². The Morgan fingerprint density at radius 3 is 2.69 bits per heavy atom. The molecule has 0 amide bonds. The van der Waals surface area contributed by atoms with Gasteiger partial charge in [-0.25, -0.2) is 0 Å². The number of hydrogen-bond acceptors (Lipinski definition) is 1. The van der Waals surface area contributed by atoms with E-state index >= 15 is 0 Å². The van der Waals surface area contributed by atoms with Crippen LogP contribution >= 0.6 is 0 Å². The molecule has 0 radical (unpaired) electrons. The van der Waals surface area contributed by atoms with Gasteiger partial charge in [0.05, 0.1) is 0 Å². The normalized spacial score (nSPS) is 31.8. The fourth-order valence-electron chi connectivity index (χ4n) is 2.98. The van der Waals surface area contributed by atoms with Crippen LogP contribution in [-0.2, 0) is 0 Å². The molecule has 68 valence electrons. The van der Waals surface area contributed by atoms with Crippen molar-refractivity contribution in [3.8, 4) is 0 Å². The molecule has 1 fully saturated rings. The molecule has 0 aromatic heterocycles. The molecule has 2 aliphatic heterocycles. The lowest BCUT2D eigenvalue weighted by atomic mass is 9.75. The monoisotopic (exact) mass is 173 g/mol. The van der Waals surface area contributed by atoms with Crippen molar-refractivity contribution < 1.29 is 0 Å². The van der Waals surface area contributed by atoms with Crippen LogP contribution in [0.15, 0.2) is 24.3 Å². The Morgan fingerprint density at radius 1 is 1.15 bits per heavy atom. The highest BCUT2D eigenvalue weighted by molar-refractivity contribution is 5.37. The van der Waals surface area contributed by atoms with E-state index in [4.69, 9.17) is 0 Å². The summed E-state index contributed by atoms with van der Waals surface area (Å²) >= 11 is 0. The first-order valence-corrected chi connectivity index (χ1v) is 5.15. The Morgan fingerprint density at radius 2 is 1.92 bits per heavy atom. The molecule has 1 heteroatoms. The first kappa shape index (κ1) is 7.57. The Balaban J connectivity index is 2.16. The summed E-state index contributed by atoms with van der Waals surface area (Å²) < 4.78 is 0. The average Bonchev–Trinajstić information content (AvgIpc) is 2.19. The van der Waals surface area contributed by atoms with E-state index in [-0.39, 0.29) is 0 Å². The van der Waals surface area contributed by atoms with E-state index in [0.717, 1.165) is 5.92 Å². The molecule has 2 atom stereocenters. The molecule has 13 heavy (non-hydrogen) atoms. The van der Waals surface area contributed by atoms with E-state index in [1.165, 1.54) is 19.4 Å². The van der Waals surface area contributed by atoms with Gasteiger partial charge in [0.25, 0.3) is 0 Å². The number of hydrogen-bond donors (Lipinski definition) is 0. The second-order valence-corrected chi connectivity index (χ2v) is 4.36. The molecular formula is C12H15N. The Kier molecular flexibility index (Phi) is 1.50. The lowest BCUT2D eigenvalue weighted by Crippen LogP contribution is -2.39. The van der Waals surface area contributed by atoms with Crippen molar-refractivity contribution in [3.63, 3.8) is 0 Å². The molecule has 1 nitrogen and oxygen atoms in total. The lowest BCUT2D eigenvalue weighted by molar-refractivity contribution is 0.146. The molecule has 2 heterocycles. The summed E-state index contributed by atoms with van der Waals surface area (Å²) in [6.07, 6.45) is 2.75. The van der Waals surface area contributed by atoms with Gasteiger partial charge < -0.3 is 0 Å². The van der Waals surface area contributed by atoms with E-state index < -0.39 is 0 Å². The Bertz CT molecular complexity index is 332. The molecule has 2 unspecified atom stereocenters. The Hall–Kier alpha value is -0.820. The van der Waals surface area contributed by atoms with Crippen LogP contribution in [0.25, 0.3) is 0 Å². The molecular weight excluding hydrogens is 158 g/mol. The fraction of sp³-hybridized carbons (Fsp3) is 0.500. The first-order chi connectivity index (χ1) is 6.36. The van der Waals surface area contributed by atoms with E-state index in [0.29, 0.717) is 6.04 Å². The average molecular weight is 173 g/mol. The van der Waals surface area contributed by atoms with Crippen LogP contribution in [0.1, 0.15) is 35.9 Å². The maximum absolute atomic E-state index is 2.51. The van der Waals surface area contributed by atoms with Gasteiger partial charge in [0.15, 0.2) is 0 Å². The van der Waals surface area contributed by atoms with Crippen LogP contribution in [-0.4, -0.2) is 18.5 Å². The minimum absolute atomic E-state index is 0.709. The van der Waals surface area contributed by atoms with E-state index in [1.807, 2.05) is 0 Å². The molecule has 1 aromatic rings. The summed E-state index contributed by atoms with van der Waals surface area (Å²) in [6.45, 7) is 1.27. The molecule has 0 spiro atoms. The third-order valence-corrected chi connectivity index (χ3v) is 3.62. The van der Waals surface area contributed by atoms with Crippen molar-refractivity contribution in [2.45, 2.75) is 24.8 Å². The highest BCUT2D eigenvalue weighted by Crippen LogP contribution is 2.45. The van der Waals surface area contributed by atoms with Crippen LogP contribution in [0.5, 0.6) is 0 Å². The van der Waals surface area contributed by atoms with Crippen molar-refractivity contribution in [3.05, 3.63) is 35.4 Å². The topological polar surface area (TPSA) is 3.24 Å². The molecule has 1 aliphatic carbocycles. The smallest absolute Gasteiger partial charge is 0.0348 e. The standard InChI is InChI=1S/C12H15N/c1-13-8-9-6-7-12(13)11-5-3-2-4-10(9)11/h2-5,9,12H,6-8H2,1H3. The van der Waals surface area contributed by atoms with Crippen molar-refractivity contribution in [2.24, 2.45) is 0 Å². The summed E-state index contributed by atoms with van der Waals surface area (Å²) in [6, 6.07) is 9.69. The van der Waals surface area contributed by atoms with Gasteiger partial charge >= 0.3 is 0 Å². The van der Waals surface area contributed by atoms with Gasteiger partial charge in [-0.05, 0) is 36.9 Å². The zero-order chi connectivity index (χ0) is 8.84. The number of piperidine rings is 1. The highest BCUT2D eigenvalue weighted by atomic mass is 15.1. The van der Waals surface area contributed by atoms with E-state index in [2.05, 4.69) is 36.2 Å². The van der Waals surface area contributed by atoms with Crippen LogP contribution in [0.2, 0.25) is 0 Å². The molecule has 1 aromatic carbocycles. The zero-order valence-electron chi connectivity index (χ0n) is 8.03. The second-order valence-electron chi connectivity index (χ2n) is 4.36. The van der Waals surface area contributed by atoms with Crippen LogP contribution in [0, 0.1) is 0 Å². The molecule has 4 rings (SSSR count). The summed E-state index contributed by atoms with van der Waals surface area (Å²) in [5.41, 5.74) is 3.21. The van der Waals surface area contributed by atoms with E-state index in [9.17, 15) is 0 Å². The van der Waals surface area contributed by atoms with Crippen LogP contribution in [0.4, 0.5) is 0 Å². The SMILES string of the molecule is CN1CC2CCC1c1ccccc12. The largest absolute Gasteiger partial charge is 0.299 e. The van der Waals surface area contributed by atoms with E-state index in [1.54, 1.807) is 11.1 Å². The summed E-state index contributed by atoms with van der Waals surface area (Å²) in [7, 11) is 2.26. The lowest BCUT2D eigenvalue weighted by Gasteiger charge is -2.44. The van der Waals surface area contributed by atoms with Gasteiger partial charge in [0.2, 0.25) is 0 Å². The Labute approximate surface area is 79.4 Å². The van der Waals surface area contributed by atoms with Gasteiger partial charge in [0, 0.05) is 12.6 Å². The number of benzene rings is 1. The summed E-state index contributed by atoms with van der Waals surface area (Å²) in [5.74, 6) is 0.811. The molecule has 0 saturated carbocycles. The van der Waals surface area contributed by atoms with Crippen LogP contribution < -0.4 is 0 Å². The van der Waals surface area contributed by atoms with Crippen molar-refractivity contribution in [2.75, 3.05) is 13.6 Å².